The number of pyridine rings is 1. The average Bonchev–Trinajstić information content (AvgIpc) is 2.29. The first-order chi connectivity index (χ1) is 8.15. The van der Waals surface area contributed by atoms with E-state index in [1.165, 1.54) is 0 Å². The highest BCUT2D eigenvalue weighted by Gasteiger charge is 2.25. The van der Waals surface area contributed by atoms with Crippen LogP contribution in [0.15, 0.2) is 34.0 Å². The molecule has 1 aromatic heterocycles. The van der Waals surface area contributed by atoms with Crippen molar-refractivity contribution in [3.05, 3.63) is 34.6 Å². The highest BCUT2D eigenvalue weighted by Crippen LogP contribution is 2.28. The number of hydrogen-bond acceptors (Lipinski definition) is 2. The molecule has 2 rings (SSSR count). The van der Waals surface area contributed by atoms with E-state index in [-0.39, 0.29) is 22.2 Å². The summed E-state index contributed by atoms with van der Waals surface area (Å²) in [5, 5.41) is 10.9. The number of aromatic nitrogens is 1. The molecule has 1 heterocycles. The summed E-state index contributed by atoms with van der Waals surface area (Å²) in [5.74, 6) is 1.07. The molecule has 0 bridgehead atoms. The summed E-state index contributed by atoms with van der Waals surface area (Å²) in [4.78, 5) is 15.3. The molecule has 1 unspecified atom stereocenters. The molecular formula is C13H16NO2S+. The normalized spacial score (nSPS) is 12.8. The van der Waals surface area contributed by atoms with Crippen LogP contribution in [0.1, 0.15) is 13.3 Å². The highest BCUT2D eigenvalue weighted by atomic mass is 32.2. The highest BCUT2D eigenvalue weighted by molar-refractivity contribution is 7.96. The van der Waals surface area contributed by atoms with E-state index in [9.17, 15) is 9.90 Å². The molecule has 0 saturated carbocycles. The Bertz CT molecular complexity index is 591. The predicted molar refractivity (Wildman–Crippen MR) is 72.9 cm³/mol. The number of hydrogen-bond donors (Lipinski definition) is 2. The van der Waals surface area contributed by atoms with E-state index in [1.807, 2.05) is 24.5 Å². The molecule has 0 radical (unpaired) electrons. The van der Waals surface area contributed by atoms with Gasteiger partial charge in [0, 0.05) is 16.3 Å². The van der Waals surface area contributed by atoms with E-state index < -0.39 is 0 Å². The molecule has 0 fully saturated rings. The van der Waals surface area contributed by atoms with Gasteiger partial charge in [0.25, 0.3) is 4.90 Å². The summed E-state index contributed by atoms with van der Waals surface area (Å²) in [6.45, 7) is 2.08. The minimum absolute atomic E-state index is 0.142. The molecule has 0 saturated heterocycles. The molecule has 0 amide bonds. The largest absolute Gasteiger partial charge is 0.503 e. The molecule has 1 atom stereocenters. The Morgan fingerprint density at radius 1 is 1.35 bits per heavy atom. The number of aromatic amines is 1. The molecule has 4 heteroatoms. The van der Waals surface area contributed by atoms with Crippen LogP contribution in [0.3, 0.4) is 0 Å². The zero-order valence-electron chi connectivity index (χ0n) is 9.99. The molecule has 2 N–H and O–H groups in total. The number of H-pyrrole nitrogens is 1. The molecule has 0 aliphatic heterocycles. The van der Waals surface area contributed by atoms with E-state index in [0.29, 0.717) is 10.4 Å². The molecule has 1 aromatic carbocycles. The number of para-hydroxylation sites is 1. The van der Waals surface area contributed by atoms with E-state index in [4.69, 9.17) is 0 Å². The van der Waals surface area contributed by atoms with Crippen molar-refractivity contribution in [3.8, 4) is 5.75 Å². The van der Waals surface area contributed by atoms with Crippen molar-refractivity contribution >= 4 is 21.8 Å². The maximum absolute atomic E-state index is 12.0. The molecule has 90 valence electrons. The van der Waals surface area contributed by atoms with Gasteiger partial charge < -0.3 is 10.1 Å². The number of rotatable bonds is 3. The van der Waals surface area contributed by atoms with Crippen LogP contribution in [0.2, 0.25) is 0 Å². The van der Waals surface area contributed by atoms with Gasteiger partial charge in [-0.1, -0.05) is 19.1 Å². The van der Waals surface area contributed by atoms with Crippen molar-refractivity contribution in [1.82, 2.24) is 4.98 Å². The van der Waals surface area contributed by atoms with Crippen molar-refractivity contribution in [2.24, 2.45) is 0 Å². The van der Waals surface area contributed by atoms with Crippen LogP contribution < -0.4 is 5.56 Å². The first-order valence-corrected chi connectivity index (χ1v) is 7.42. The monoisotopic (exact) mass is 250 g/mol. The van der Waals surface area contributed by atoms with Gasteiger partial charge in [-0.2, -0.15) is 0 Å². The second kappa shape index (κ2) is 4.84. The Balaban J connectivity index is 2.68. The van der Waals surface area contributed by atoms with Gasteiger partial charge in [-0.15, -0.1) is 0 Å². The lowest BCUT2D eigenvalue weighted by Gasteiger charge is -2.06. The van der Waals surface area contributed by atoms with E-state index in [0.717, 1.165) is 17.6 Å². The van der Waals surface area contributed by atoms with Gasteiger partial charge in [0.2, 0.25) is 0 Å². The number of benzene rings is 1. The summed E-state index contributed by atoms with van der Waals surface area (Å²) >= 11 is 0. The lowest BCUT2D eigenvalue weighted by atomic mass is 10.2. The Hall–Kier alpha value is -1.42. The molecule has 0 aliphatic carbocycles. The number of nitrogens with one attached hydrogen (secondary N) is 1. The maximum atomic E-state index is 12.0. The zero-order chi connectivity index (χ0) is 12.4. The van der Waals surface area contributed by atoms with Gasteiger partial charge in [0.15, 0.2) is 5.75 Å². The second-order valence-electron chi connectivity index (χ2n) is 4.02. The smallest absolute Gasteiger partial charge is 0.307 e. The SMILES string of the molecule is CCC[S+](C)c1c(O)c2ccccc2[nH]c1=O. The van der Waals surface area contributed by atoms with Crippen molar-refractivity contribution in [2.75, 3.05) is 12.0 Å². The molecule has 0 spiro atoms. The molecule has 0 aliphatic rings. The van der Waals surface area contributed by atoms with Gasteiger partial charge in [0.1, 0.15) is 12.0 Å². The van der Waals surface area contributed by atoms with E-state index in [2.05, 4.69) is 11.9 Å². The fourth-order valence-corrected chi connectivity index (χ4v) is 3.56. The Morgan fingerprint density at radius 3 is 2.76 bits per heavy atom. The van der Waals surface area contributed by atoms with Crippen LogP contribution in [0, 0.1) is 0 Å². The van der Waals surface area contributed by atoms with Crippen LogP contribution in [-0.4, -0.2) is 22.1 Å². The molecular weight excluding hydrogens is 234 g/mol. The average molecular weight is 250 g/mol. The van der Waals surface area contributed by atoms with Gasteiger partial charge in [-0.25, -0.2) is 0 Å². The first-order valence-electron chi connectivity index (χ1n) is 5.61. The third kappa shape index (κ3) is 2.17. The van der Waals surface area contributed by atoms with Crippen LogP contribution in [-0.2, 0) is 10.9 Å². The second-order valence-corrected chi connectivity index (χ2v) is 6.11. The van der Waals surface area contributed by atoms with Gasteiger partial charge in [0.05, 0.1) is 5.52 Å². The summed E-state index contributed by atoms with van der Waals surface area (Å²) in [5.41, 5.74) is 0.521. The minimum atomic E-state index is -0.206. The van der Waals surface area contributed by atoms with Crippen molar-refractivity contribution < 1.29 is 5.11 Å². The van der Waals surface area contributed by atoms with Crippen LogP contribution in [0.25, 0.3) is 10.9 Å². The minimum Gasteiger partial charge on any atom is -0.503 e. The summed E-state index contributed by atoms with van der Waals surface area (Å²) in [7, 11) is -0.206. The third-order valence-electron chi connectivity index (χ3n) is 2.71. The lowest BCUT2D eigenvalue weighted by Crippen LogP contribution is -2.19. The Kier molecular flexibility index (Phi) is 3.43. The lowest BCUT2D eigenvalue weighted by molar-refractivity contribution is 0.466. The maximum Gasteiger partial charge on any atom is 0.307 e. The van der Waals surface area contributed by atoms with E-state index >= 15 is 0 Å². The van der Waals surface area contributed by atoms with Crippen molar-refractivity contribution in [1.29, 1.82) is 0 Å². The summed E-state index contributed by atoms with van der Waals surface area (Å²) in [6, 6.07) is 7.33. The Morgan fingerprint density at radius 2 is 2.06 bits per heavy atom. The van der Waals surface area contributed by atoms with Gasteiger partial charge in [-0.05, 0) is 18.6 Å². The van der Waals surface area contributed by atoms with E-state index in [1.54, 1.807) is 6.07 Å². The first kappa shape index (κ1) is 12.0. The van der Waals surface area contributed by atoms with Gasteiger partial charge >= 0.3 is 5.56 Å². The quantitative estimate of drug-likeness (QED) is 0.821. The molecule has 17 heavy (non-hydrogen) atoms. The zero-order valence-corrected chi connectivity index (χ0v) is 10.8. The van der Waals surface area contributed by atoms with Crippen LogP contribution >= 0.6 is 0 Å². The molecule has 3 nitrogen and oxygen atoms in total. The predicted octanol–water partition coefficient (Wildman–Crippen LogP) is 2.25. The number of fused-ring (bicyclic) bond motifs is 1. The van der Waals surface area contributed by atoms with Crippen molar-refractivity contribution in [3.63, 3.8) is 0 Å². The van der Waals surface area contributed by atoms with Crippen molar-refractivity contribution in [2.45, 2.75) is 18.2 Å². The number of aromatic hydroxyl groups is 1. The fraction of sp³-hybridized carbons (Fsp3) is 0.308. The summed E-state index contributed by atoms with van der Waals surface area (Å²) < 4.78 is 0. The molecule has 2 aromatic rings. The third-order valence-corrected chi connectivity index (χ3v) is 4.81. The summed E-state index contributed by atoms with van der Waals surface area (Å²) in [6.07, 6.45) is 3.01. The van der Waals surface area contributed by atoms with Gasteiger partial charge in [-0.3, -0.25) is 4.79 Å². The topological polar surface area (TPSA) is 53.1 Å². The van der Waals surface area contributed by atoms with Crippen LogP contribution in [0.5, 0.6) is 5.75 Å². The Labute approximate surface area is 103 Å². The van der Waals surface area contributed by atoms with Crippen LogP contribution in [0.4, 0.5) is 0 Å². The standard InChI is InChI=1S/C13H15NO2S/c1-3-8-17(2)12-11(15)9-6-4-5-7-10(9)14-13(12)16/h4-7H,3,8H2,1-2H3,(H-,14,15,16)/p+1. The fourth-order valence-electron chi connectivity index (χ4n) is 1.94.